The second-order valence-electron chi connectivity index (χ2n) is 3.34. The van der Waals surface area contributed by atoms with Gasteiger partial charge < -0.3 is 14.4 Å². The van der Waals surface area contributed by atoms with Crippen LogP contribution in [0.2, 0.25) is 0 Å². The largest absolute Gasteiger partial charge is 0.494 e. The Bertz CT molecular complexity index is 278. The molecule has 0 radical (unpaired) electrons. The summed E-state index contributed by atoms with van der Waals surface area (Å²) in [4.78, 5) is 0. The van der Waals surface area contributed by atoms with Crippen molar-refractivity contribution in [2.75, 3.05) is 13.2 Å². The second kappa shape index (κ2) is 4.60. The average molecular weight is 192 g/mol. The Kier molecular flexibility index (Phi) is 3.19. The van der Waals surface area contributed by atoms with Crippen molar-refractivity contribution in [3.8, 4) is 0 Å². The van der Waals surface area contributed by atoms with Gasteiger partial charge in [0.2, 0.25) is 0 Å². The Hall–Kier alpha value is -0.835. The highest BCUT2D eigenvalue weighted by Gasteiger charge is 2.29. The molecule has 1 N–H and O–H groups in total. The highest BCUT2D eigenvalue weighted by Crippen LogP contribution is 2.09. The van der Waals surface area contributed by atoms with Crippen LogP contribution >= 0.6 is 0 Å². The van der Waals surface area contributed by atoms with Crippen LogP contribution in [0.15, 0.2) is 30.3 Å². The van der Waals surface area contributed by atoms with Crippen LogP contribution in [0.4, 0.5) is 0 Å². The molecule has 3 nitrogen and oxygen atoms in total. The summed E-state index contributed by atoms with van der Waals surface area (Å²) in [5, 5.41) is 8.98. The molecule has 0 aromatic heterocycles. The van der Waals surface area contributed by atoms with Crippen LogP contribution in [-0.2, 0) is 9.31 Å². The summed E-state index contributed by atoms with van der Waals surface area (Å²) in [6.45, 7) is 0.706. The van der Waals surface area contributed by atoms with E-state index in [0.717, 1.165) is 11.9 Å². The van der Waals surface area contributed by atoms with Crippen LogP contribution in [0.3, 0.4) is 0 Å². The Labute approximate surface area is 83.8 Å². The third-order valence-electron chi connectivity index (χ3n) is 2.30. The first kappa shape index (κ1) is 9.71. The van der Waals surface area contributed by atoms with Crippen LogP contribution in [0, 0.1) is 0 Å². The number of aliphatic hydroxyl groups excluding tert-OH is 1. The van der Waals surface area contributed by atoms with Gasteiger partial charge in [-0.2, -0.15) is 0 Å². The van der Waals surface area contributed by atoms with Gasteiger partial charge in [-0.25, -0.2) is 0 Å². The minimum Gasteiger partial charge on any atom is -0.407 e. The topological polar surface area (TPSA) is 38.7 Å². The predicted molar refractivity (Wildman–Crippen MR) is 54.4 cm³/mol. The van der Waals surface area contributed by atoms with E-state index >= 15 is 0 Å². The summed E-state index contributed by atoms with van der Waals surface area (Å²) < 4.78 is 11.0. The Balaban J connectivity index is 2.04. The van der Waals surface area contributed by atoms with Gasteiger partial charge in [-0.15, -0.1) is 0 Å². The number of benzene rings is 1. The standard InChI is InChI=1S/C10H13BO3/c12-8-10-6-7-13-11(14-10)9-4-2-1-3-5-9/h1-5,10,12H,6-8H2. The van der Waals surface area contributed by atoms with Crippen molar-refractivity contribution in [3.05, 3.63) is 30.3 Å². The maximum Gasteiger partial charge on any atom is 0.494 e. The van der Waals surface area contributed by atoms with Gasteiger partial charge in [0.15, 0.2) is 0 Å². The summed E-state index contributed by atoms with van der Waals surface area (Å²) >= 11 is 0. The zero-order chi connectivity index (χ0) is 9.80. The molecule has 14 heavy (non-hydrogen) atoms. The normalized spacial score (nSPS) is 22.4. The lowest BCUT2D eigenvalue weighted by atomic mass is 9.77. The van der Waals surface area contributed by atoms with Crippen molar-refractivity contribution >= 4 is 12.6 Å². The summed E-state index contributed by atoms with van der Waals surface area (Å²) in [5.41, 5.74) is 1.01. The van der Waals surface area contributed by atoms with E-state index < -0.39 is 0 Å². The molecule has 1 saturated heterocycles. The molecule has 0 saturated carbocycles. The highest BCUT2D eigenvalue weighted by molar-refractivity contribution is 6.61. The molecule has 74 valence electrons. The molecule has 1 aromatic rings. The van der Waals surface area contributed by atoms with E-state index in [1.54, 1.807) is 0 Å². The first-order valence-corrected chi connectivity index (χ1v) is 4.83. The van der Waals surface area contributed by atoms with Crippen molar-refractivity contribution in [1.82, 2.24) is 0 Å². The molecule has 1 atom stereocenters. The van der Waals surface area contributed by atoms with Gasteiger partial charge in [0.1, 0.15) is 0 Å². The molecular weight excluding hydrogens is 179 g/mol. The quantitative estimate of drug-likeness (QED) is 0.679. The van der Waals surface area contributed by atoms with Gasteiger partial charge in [-0.3, -0.25) is 0 Å². The maximum atomic E-state index is 8.98. The molecule has 0 bridgehead atoms. The van der Waals surface area contributed by atoms with Gasteiger partial charge in [-0.05, 0) is 11.9 Å². The maximum absolute atomic E-state index is 8.98. The lowest BCUT2D eigenvalue weighted by Crippen LogP contribution is -2.45. The fourth-order valence-electron chi connectivity index (χ4n) is 1.51. The van der Waals surface area contributed by atoms with E-state index in [4.69, 9.17) is 14.4 Å². The molecule has 1 aliphatic rings. The molecule has 1 heterocycles. The predicted octanol–water partition coefficient (Wildman–Crippen LogP) is 0.180. The third-order valence-corrected chi connectivity index (χ3v) is 2.30. The van der Waals surface area contributed by atoms with E-state index in [-0.39, 0.29) is 19.8 Å². The molecule has 4 heteroatoms. The lowest BCUT2D eigenvalue weighted by Gasteiger charge is -2.26. The fraction of sp³-hybridized carbons (Fsp3) is 0.400. The minimum absolute atomic E-state index is 0.0622. The molecule has 1 fully saturated rings. The third kappa shape index (κ3) is 2.15. The zero-order valence-corrected chi connectivity index (χ0v) is 7.93. The Morgan fingerprint density at radius 3 is 2.86 bits per heavy atom. The molecule has 1 unspecified atom stereocenters. The molecule has 0 amide bonds. The molecule has 1 aliphatic heterocycles. The highest BCUT2D eigenvalue weighted by atomic mass is 16.6. The summed E-state index contributed by atoms with van der Waals surface area (Å²) in [6.07, 6.45) is 0.675. The molecular formula is C10H13BO3. The van der Waals surface area contributed by atoms with Gasteiger partial charge in [0, 0.05) is 6.61 Å². The van der Waals surface area contributed by atoms with E-state index in [1.165, 1.54) is 0 Å². The monoisotopic (exact) mass is 192 g/mol. The van der Waals surface area contributed by atoms with Crippen LogP contribution < -0.4 is 5.46 Å². The van der Waals surface area contributed by atoms with Gasteiger partial charge in [0.25, 0.3) is 0 Å². The van der Waals surface area contributed by atoms with Crippen molar-refractivity contribution in [2.45, 2.75) is 12.5 Å². The van der Waals surface area contributed by atoms with Crippen LogP contribution in [0.1, 0.15) is 6.42 Å². The zero-order valence-electron chi connectivity index (χ0n) is 7.93. The van der Waals surface area contributed by atoms with Crippen molar-refractivity contribution in [1.29, 1.82) is 0 Å². The van der Waals surface area contributed by atoms with E-state index in [2.05, 4.69) is 0 Å². The van der Waals surface area contributed by atoms with E-state index in [0.29, 0.717) is 6.61 Å². The van der Waals surface area contributed by atoms with Crippen molar-refractivity contribution in [3.63, 3.8) is 0 Å². The second-order valence-corrected chi connectivity index (χ2v) is 3.34. The van der Waals surface area contributed by atoms with E-state index in [1.807, 2.05) is 30.3 Å². The summed E-state index contributed by atoms with van der Waals surface area (Å²) in [6, 6.07) is 9.78. The van der Waals surface area contributed by atoms with Gasteiger partial charge >= 0.3 is 7.12 Å². The fourth-order valence-corrected chi connectivity index (χ4v) is 1.51. The number of aliphatic hydroxyl groups is 1. The van der Waals surface area contributed by atoms with Crippen LogP contribution in [-0.4, -0.2) is 31.5 Å². The van der Waals surface area contributed by atoms with Gasteiger partial charge in [0.05, 0.1) is 12.7 Å². The smallest absolute Gasteiger partial charge is 0.407 e. The molecule has 0 spiro atoms. The number of hydrogen-bond donors (Lipinski definition) is 1. The molecule has 1 aromatic carbocycles. The van der Waals surface area contributed by atoms with Crippen molar-refractivity contribution < 1.29 is 14.4 Å². The van der Waals surface area contributed by atoms with Crippen molar-refractivity contribution in [2.24, 2.45) is 0 Å². The summed E-state index contributed by atoms with van der Waals surface area (Å²) in [7, 11) is -0.318. The SMILES string of the molecule is OCC1CCOB(c2ccccc2)O1. The molecule has 0 aliphatic carbocycles. The first-order chi connectivity index (χ1) is 6.90. The van der Waals surface area contributed by atoms with Crippen LogP contribution in [0.5, 0.6) is 0 Å². The molecule has 2 rings (SSSR count). The first-order valence-electron chi connectivity index (χ1n) is 4.83. The summed E-state index contributed by atoms with van der Waals surface area (Å²) in [5.74, 6) is 0. The van der Waals surface area contributed by atoms with Gasteiger partial charge in [-0.1, -0.05) is 30.3 Å². The Morgan fingerprint density at radius 2 is 2.14 bits per heavy atom. The number of hydrogen-bond acceptors (Lipinski definition) is 3. The Morgan fingerprint density at radius 1 is 1.36 bits per heavy atom. The average Bonchev–Trinajstić information content (AvgIpc) is 2.30. The lowest BCUT2D eigenvalue weighted by molar-refractivity contribution is 0.0351. The van der Waals surface area contributed by atoms with E-state index in [9.17, 15) is 0 Å². The number of rotatable bonds is 2. The minimum atomic E-state index is -0.318. The van der Waals surface area contributed by atoms with Crippen LogP contribution in [0.25, 0.3) is 0 Å².